The van der Waals surface area contributed by atoms with E-state index in [9.17, 15) is 14.7 Å². The molecule has 0 atom stereocenters. The highest BCUT2D eigenvalue weighted by molar-refractivity contribution is 6.12. The first-order valence-corrected chi connectivity index (χ1v) is 9.49. The van der Waals surface area contributed by atoms with Gasteiger partial charge in [0.05, 0.1) is 17.9 Å². The first-order valence-electron chi connectivity index (χ1n) is 9.49. The number of H-pyrrole nitrogens is 1. The number of nitrogens with two attached hydrogens (primary N) is 1. The highest BCUT2D eigenvalue weighted by Gasteiger charge is 2.15. The van der Waals surface area contributed by atoms with Crippen molar-refractivity contribution in [1.82, 2.24) is 4.98 Å². The molecular formula is C24H19N3O4. The van der Waals surface area contributed by atoms with Crippen molar-refractivity contribution in [1.29, 1.82) is 0 Å². The average molecular weight is 413 g/mol. The maximum absolute atomic E-state index is 12.8. The number of carbonyl (C=O) groups is 2. The van der Waals surface area contributed by atoms with Crippen LogP contribution in [-0.2, 0) is 6.61 Å². The number of benzene rings is 3. The molecule has 4 aromatic rings. The van der Waals surface area contributed by atoms with Crippen molar-refractivity contribution in [2.75, 3.05) is 0 Å². The van der Waals surface area contributed by atoms with Crippen molar-refractivity contribution >= 4 is 34.5 Å². The topological polar surface area (TPSA) is 129 Å². The number of aromatic hydroxyl groups is 1. The zero-order chi connectivity index (χ0) is 22.0. The summed E-state index contributed by atoms with van der Waals surface area (Å²) in [5.41, 5.74) is 8.83. The van der Waals surface area contributed by atoms with Gasteiger partial charge in [-0.2, -0.15) is 0 Å². The van der Waals surface area contributed by atoms with Crippen LogP contribution < -0.4 is 5.73 Å². The Morgan fingerprint density at radius 1 is 0.968 bits per heavy atom. The molecule has 0 radical (unpaired) electrons. The largest absolute Gasteiger partial charge is 0.494 e. The second kappa shape index (κ2) is 8.25. The molecule has 0 unspecified atom stereocenters. The number of nitrogens with one attached hydrogen (secondary N) is 1. The normalized spacial score (nSPS) is 11.3. The van der Waals surface area contributed by atoms with Gasteiger partial charge in [0, 0.05) is 33.8 Å². The summed E-state index contributed by atoms with van der Waals surface area (Å²) < 4.78 is 0. The lowest BCUT2D eigenvalue weighted by Gasteiger charge is -2.03. The van der Waals surface area contributed by atoms with E-state index in [0.29, 0.717) is 33.3 Å². The van der Waals surface area contributed by atoms with Gasteiger partial charge in [0.1, 0.15) is 0 Å². The summed E-state index contributed by atoms with van der Waals surface area (Å²) in [7, 11) is 0. The summed E-state index contributed by atoms with van der Waals surface area (Å²) >= 11 is 0. The number of aromatic nitrogens is 1. The fraction of sp³-hybridized carbons (Fsp3) is 0.0417. The van der Waals surface area contributed by atoms with Crippen molar-refractivity contribution in [2.24, 2.45) is 10.7 Å². The number of amides is 1. The Kier molecular flexibility index (Phi) is 5.34. The van der Waals surface area contributed by atoms with Gasteiger partial charge in [0.2, 0.25) is 5.91 Å². The van der Waals surface area contributed by atoms with Gasteiger partial charge in [-0.25, -0.2) is 0 Å². The number of hydrogen-bond acceptors (Lipinski definition) is 5. The molecule has 0 aliphatic heterocycles. The van der Waals surface area contributed by atoms with Gasteiger partial charge in [0.15, 0.2) is 11.7 Å². The van der Waals surface area contributed by atoms with E-state index in [-0.39, 0.29) is 23.8 Å². The summed E-state index contributed by atoms with van der Waals surface area (Å²) in [6.07, 6.45) is 1.54. The zero-order valence-electron chi connectivity index (χ0n) is 16.4. The van der Waals surface area contributed by atoms with E-state index in [1.165, 1.54) is 6.07 Å². The molecule has 4 rings (SSSR count). The molecule has 7 heteroatoms. The van der Waals surface area contributed by atoms with E-state index in [2.05, 4.69) is 9.98 Å². The summed E-state index contributed by atoms with van der Waals surface area (Å²) in [6.45, 7) is -0.0406. The number of aliphatic imine (C=N–C) groups is 1. The van der Waals surface area contributed by atoms with E-state index >= 15 is 0 Å². The van der Waals surface area contributed by atoms with Gasteiger partial charge < -0.3 is 20.9 Å². The number of aliphatic hydroxyl groups excluding tert-OH is 1. The van der Waals surface area contributed by atoms with Crippen LogP contribution in [-0.4, -0.2) is 33.1 Å². The van der Waals surface area contributed by atoms with Crippen molar-refractivity contribution in [2.45, 2.75) is 6.61 Å². The molecular weight excluding hydrogens is 394 g/mol. The monoisotopic (exact) mass is 413 g/mol. The van der Waals surface area contributed by atoms with Gasteiger partial charge in [-0.1, -0.05) is 36.4 Å². The van der Waals surface area contributed by atoms with E-state index < -0.39 is 5.91 Å². The van der Waals surface area contributed by atoms with Gasteiger partial charge >= 0.3 is 0 Å². The number of aromatic amines is 1. The molecule has 0 aliphatic carbocycles. The Morgan fingerprint density at radius 2 is 1.68 bits per heavy atom. The number of aliphatic hydroxyl groups is 1. The van der Waals surface area contributed by atoms with Gasteiger partial charge in [0.25, 0.3) is 0 Å². The van der Waals surface area contributed by atoms with Crippen LogP contribution in [0.2, 0.25) is 0 Å². The Morgan fingerprint density at radius 3 is 2.39 bits per heavy atom. The van der Waals surface area contributed by atoms with E-state index in [0.717, 1.165) is 5.56 Å². The molecule has 0 spiro atoms. The smallest absolute Gasteiger partial charge is 0.248 e. The minimum Gasteiger partial charge on any atom is -0.494 e. The van der Waals surface area contributed by atoms with Crippen LogP contribution in [0.1, 0.15) is 37.4 Å². The standard InChI is InChI=1S/C24H19N3O4/c25-23(30)17-3-1-2-15(10-17)22(29)16-6-9-19-20(24(31)27-21(19)11-16)12-26-18-7-4-14(13-28)5-8-18/h1-12,27-28,31H,13H2,(H2,25,30). The maximum Gasteiger partial charge on any atom is 0.248 e. The summed E-state index contributed by atoms with van der Waals surface area (Å²) in [5.74, 6) is -0.932. The maximum atomic E-state index is 12.8. The lowest BCUT2D eigenvalue weighted by Crippen LogP contribution is -2.12. The first kappa shape index (κ1) is 20.1. The molecule has 31 heavy (non-hydrogen) atoms. The third-order valence-corrected chi connectivity index (χ3v) is 4.95. The van der Waals surface area contributed by atoms with Gasteiger partial charge in [-0.3, -0.25) is 14.6 Å². The Balaban J connectivity index is 1.65. The second-order valence-electron chi connectivity index (χ2n) is 7.00. The Hall–Kier alpha value is -4.23. The first-order chi connectivity index (χ1) is 15.0. The number of carbonyl (C=O) groups excluding carboxylic acids is 2. The summed E-state index contributed by atoms with van der Waals surface area (Å²) in [4.78, 5) is 31.5. The zero-order valence-corrected chi connectivity index (χ0v) is 16.4. The fourth-order valence-electron chi connectivity index (χ4n) is 3.28. The van der Waals surface area contributed by atoms with E-state index in [4.69, 9.17) is 10.8 Å². The number of rotatable bonds is 6. The van der Waals surface area contributed by atoms with Crippen molar-refractivity contribution in [3.8, 4) is 5.88 Å². The van der Waals surface area contributed by atoms with E-state index in [1.54, 1.807) is 66.9 Å². The lowest BCUT2D eigenvalue weighted by atomic mass is 10.00. The summed E-state index contributed by atoms with van der Waals surface area (Å²) in [5, 5.41) is 20.1. The number of nitrogens with zero attached hydrogens (tertiary/aromatic N) is 1. The van der Waals surface area contributed by atoms with Crippen LogP contribution in [0.25, 0.3) is 10.9 Å². The van der Waals surface area contributed by atoms with Crippen molar-refractivity contribution < 1.29 is 19.8 Å². The number of fused-ring (bicyclic) bond motifs is 1. The molecule has 154 valence electrons. The minimum absolute atomic E-state index is 0.0406. The van der Waals surface area contributed by atoms with Crippen LogP contribution >= 0.6 is 0 Å². The highest BCUT2D eigenvalue weighted by atomic mass is 16.3. The molecule has 5 N–H and O–H groups in total. The molecule has 0 saturated heterocycles. The fourth-order valence-corrected chi connectivity index (χ4v) is 3.28. The predicted molar refractivity (Wildman–Crippen MR) is 118 cm³/mol. The van der Waals surface area contributed by atoms with Crippen molar-refractivity contribution in [3.05, 3.63) is 94.5 Å². The van der Waals surface area contributed by atoms with Crippen LogP contribution in [0.3, 0.4) is 0 Å². The number of hydrogen-bond donors (Lipinski definition) is 4. The summed E-state index contributed by atoms with van der Waals surface area (Å²) in [6, 6.07) is 18.3. The molecule has 1 heterocycles. The van der Waals surface area contributed by atoms with E-state index in [1.807, 2.05) is 0 Å². The van der Waals surface area contributed by atoms with Crippen LogP contribution in [0.4, 0.5) is 5.69 Å². The van der Waals surface area contributed by atoms with Crippen LogP contribution in [0.5, 0.6) is 5.88 Å². The molecule has 0 aliphatic rings. The molecule has 1 amide bonds. The van der Waals surface area contributed by atoms with Crippen LogP contribution in [0.15, 0.2) is 71.7 Å². The van der Waals surface area contributed by atoms with Crippen LogP contribution in [0, 0.1) is 0 Å². The molecule has 0 fully saturated rings. The molecule has 3 aromatic carbocycles. The predicted octanol–water partition coefficient (Wildman–Crippen LogP) is 3.45. The van der Waals surface area contributed by atoms with Gasteiger partial charge in [-0.15, -0.1) is 0 Å². The molecule has 0 saturated carbocycles. The quantitative estimate of drug-likeness (QED) is 0.285. The van der Waals surface area contributed by atoms with Gasteiger partial charge in [-0.05, 0) is 35.9 Å². The Labute approximate surface area is 177 Å². The third-order valence-electron chi connectivity index (χ3n) is 4.95. The third kappa shape index (κ3) is 4.08. The van der Waals surface area contributed by atoms with Crippen molar-refractivity contribution in [3.63, 3.8) is 0 Å². The Bertz CT molecular complexity index is 1320. The molecule has 7 nitrogen and oxygen atoms in total. The average Bonchev–Trinajstić information content (AvgIpc) is 3.11. The minimum atomic E-state index is -0.602. The lowest BCUT2D eigenvalue weighted by molar-refractivity contribution is 0.1000. The molecule has 0 bridgehead atoms. The number of ketones is 1. The SMILES string of the molecule is NC(=O)c1cccc(C(=O)c2ccc3c(C=Nc4ccc(CO)cc4)c(O)[nH]c3c2)c1. The molecule has 1 aromatic heterocycles. The highest BCUT2D eigenvalue weighted by Crippen LogP contribution is 2.28. The second-order valence-corrected chi connectivity index (χ2v) is 7.00. The number of primary amides is 1.